The van der Waals surface area contributed by atoms with Crippen molar-refractivity contribution in [1.29, 1.82) is 0 Å². The quantitative estimate of drug-likeness (QED) is 0.242. The molecule has 0 saturated heterocycles. The van der Waals surface area contributed by atoms with Crippen LogP contribution in [-0.4, -0.2) is 47.8 Å². The molecule has 0 aliphatic carbocycles. The SMILES string of the molecule is CC(=O)N[C@@H](COC(C)=O)[C@H](O)[C@@H](CCCCCCCCCCCC(C)C)OC(C)=O. The summed E-state index contributed by atoms with van der Waals surface area (Å²) >= 11 is 0. The van der Waals surface area contributed by atoms with Gasteiger partial charge in [0.25, 0.3) is 0 Å². The Labute approximate surface area is 188 Å². The summed E-state index contributed by atoms with van der Waals surface area (Å²) in [6.45, 7) is 8.23. The van der Waals surface area contributed by atoms with Gasteiger partial charge in [-0.2, -0.15) is 0 Å². The van der Waals surface area contributed by atoms with Crippen molar-refractivity contribution < 1.29 is 29.0 Å². The first-order valence-electron chi connectivity index (χ1n) is 11.9. The Balaban J connectivity index is 4.29. The zero-order valence-electron chi connectivity index (χ0n) is 20.3. The predicted molar refractivity (Wildman–Crippen MR) is 121 cm³/mol. The van der Waals surface area contributed by atoms with Crippen LogP contribution in [0.15, 0.2) is 0 Å². The number of unbranched alkanes of at least 4 members (excludes halogenated alkanes) is 8. The molecule has 182 valence electrons. The molecule has 7 heteroatoms. The van der Waals surface area contributed by atoms with Crippen molar-refractivity contribution in [3.63, 3.8) is 0 Å². The Bertz CT molecular complexity index is 508. The molecule has 2 N–H and O–H groups in total. The van der Waals surface area contributed by atoms with Gasteiger partial charge < -0.3 is 19.9 Å². The van der Waals surface area contributed by atoms with Crippen LogP contribution >= 0.6 is 0 Å². The number of aliphatic hydroxyl groups excluding tert-OH is 1. The van der Waals surface area contributed by atoms with Crippen molar-refractivity contribution in [2.75, 3.05) is 6.61 Å². The summed E-state index contributed by atoms with van der Waals surface area (Å²) in [4.78, 5) is 34.0. The summed E-state index contributed by atoms with van der Waals surface area (Å²) in [6, 6.07) is -0.832. The van der Waals surface area contributed by atoms with E-state index in [1.54, 1.807) is 0 Å². The molecule has 0 rings (SSSR count). The Kier molecular flexibility index (Phi) is 17.0. The van der Waals surface area contributed by atoms with Crippen molar-refractivity contribution in [3.05, 3.63) is 0 Å². The van der Waals surface area contributed by atoms with Crippen molar-refractivity contribution in [3.8, 4) is 0 Å². The standard InChI is InChI=1S/C24H45NO6/c1-18(2)15-13-11-9-7-6-8-10-12-14-16-23(31-21(5)28)24(29)22(25-19(3)26)17-30-20(4)27/h18,22-24,29H,6-17H2,1-5H3,(H,25,26)/t22-,23+,24-/m0/s1. The third-order valence-electron chi connectivity index (χ3n) is 5.24. The molecule has 1 amide bonds. The van der Waals surface area contributed by atoms with Gasteiger partial charge in [0.1, 0.15) is 18.8 Å². The molecule has 0 radical (unpaired) electrons. The molecule has 0 heterocycles. The first kappa shape index (κ1) is 29.4. The summed E-state index contributed by atoms with van der Waals surface area (Å²) in [7, 11) is 0. The number of hydrogen-bond acceptors (Lipinski definition) is 6. The highest BCUT2D eigenvalue weighted by atomic mass is 16.6. The van der Waals surface area contributed by atoms with Gasteiger partial charge in [-0.1, -0.05) is 71.6 Å². The number of carbonyl (C=O) groups excluding carboxylic acids is 3. The number of hydrogen-bond donors (Lipinski definition) is 2. The second-order valence-electron chi connectivity index (χ2n) is 8.90. The molecule has 31 heavy (non-hydrogen) atoms. The number of ether oxygens (including phenoxy) is 2. The average molecular weight is 444 g/mol. The number of aliphatic hydroxyl groups is 1. The monoisotopic (exact) mass is 443 g/mol. The zero-order chi connectivity index (χ0) is 23.6. The smallest absolute Gasteiger partial charge is 0.302 e. The number of esters is 2. The fourth-order valence-electron chi connectivity index (χ4n) is 3.60. The van der Waals surface area contributed by atoms with Gasteiger partial charge in [-0.15, -0.1) is 0 Å². The van der Waals surface area contributed by atoms with Gasteiger partial charge in [0.15, 0.2) is 0 Å². The maximum absolute atomic E-state index is 11.5. The summed E-state index contributed by atoms with van der Waals surface area (Å²) in [5.41, 5.74) is 0. The molecule has 3 atom stereocenters. The maximum atomic E-state index is 11.5. The Morgan fingerprint density at radius 1 is 0.774 bits per heavy atom. The Morgan fingerprint density at radius 2 is 1.26 bits per heavy atom. The fourth-order valence-corrected chi connectivity index (χ4v) is 3.60. The van der Waals surface area contributed by atoms with E-state index in [1.165, 1.54) is 65.7 Å². The van der Waals surface area contributed by atoms with Crippen LogP contribution in [0.5, 0.6) is 0 Å². The van der Waals surface area contributed by atoms with Crippen molar-refractivity contribution in [2.24, 2.45) is 5.92 Å². The number of carbonyl (C=O) groups is 3. The summed E-state index contributed by atoms with van der Waals surface area (Å²) < 4.78 is 10.2. The highest BCUT2D eigenvalue weighted by Gasteiger charge is 2.31. The highest BCUT2D eigenvalue weighted by molar-refractivity contribution is 5.73. The van der Waals surface area contributed by atoms with Gasteiger partial charge in [-0.3, -0.25) is 14.4 Å². The average Bonchev–Trinajstić information content (AvgIpc) is 2.66. The van der Waals surface area contributed by atoms with E-state index in [0.29, 0.717) is 6.42 Å². The molecule has 0 fully saturated rings. The lowest BCUT2D eigenvalue weighted by Crippen LogP contribution is -2.51. The van der Waals surface area contributed by atoms with Gasteiger partial charge in [0, 0.05) is 20.8 Å². The van der Waals surface area contributed by atoms with E-state index in [0.717, 1.165) is 25.2 Å². The van der Waals surface area contributed by atoms with Gasteiger partial charge in [-0.05, 0) is 18.8 Å². The number of rotatable bonds is 18. The minimum Gasteiger partial charge on any atom is -0.464 e. The second-order valence-corrected chi connectivity index (χ2v) is 8.90. The lowest BCUT2D eigenvalue weighted by molar-refractivity contribution is -0.157. The lowest BCUT2D eigenvalue weighted by atomic mass is 9.99. The minimum absolute atomic E-state index is 0.176. The topological polar surface area (TPSA) is 102 Å². The van der Waals surface area contributed by atoms with Crippen LogP contribution in [-0.2, 0) is 23.9 Å². The molecular weight excluding hydrogens is 398 g/mol. The molecule has 0 saturated carbocycles. The molecule has 7 nitrogen and oxygen atoms in total. The van der Waals surface area contributed by atoms with Crippen LogP contribution in [0, 0.1) is 5.92 Å². The van der Waals surface area contributed by atoms with Crippen molar-refractivity contribution >= 4 is 17.8 Å². The molecule has 0 aliphatic heterocycles. The third kappa shape index (κ3) is 17.7. The van der Waals surface area contributed by atoms with Gasteiger partial charge in [0.2, 0.25) is 5.91 Å². The predicted octanol–water partition coefficient (Wildman–Crippen LogP) is 4.29. The normalized spacial score (nSPS) is 14.0. The van der Waals surface area contributed by atoms with E-state index in [-0.39, 0.29) is 12.5 Å². The third-order valence-corrected chi connectivity index (χ3v) is 5.24. The van der Waals surface area contributed by atoms with Crippen LogP contribution in [0.4, 0.5) is 0 Å². The second kappa shape index (κ2) is 18.0. The van der Waals surface area contributed by atoms with Gasteiger partial charge >= 0.3 is 11.9 Å². The molecule has 0 aromatic heterocycles. The van der Waals surface area contributed by atoms with E-state index in [1.807, 2.05) is 0 Å². The van der Waals surface area contributed by atoms with Crippen LogP contribution in [0.1, 0.15) is 105 Å². The number of nitrogens with one attached hydrogen (secondary N) is 1. The van der Waals surface area contributed by atoms with Crippen molar-refractivity contribution in [1.82, 2.24) is 5.32 Å². The number of amides is 1. The highest BCUT2D eigenvalue weighted by Crippen LogP contribution is 2.17. The summed E-state index contributed by atoms with van der Waals surface area (Å²) in [5.74, 6) is -0.561. The Morgan fingerprint density at radius 3 is 1.68 bits per heavy atom. The summed E-state index contributed by atoms with van der Waals surface area (Å²) in [5, 5.41) is 13.3. The molecular formula is C24H45NO6. The van der Waals surface area contributed by atoms with E-state index in [9.17, 15) is 19.5 Å². The van der Waals surface area contributed by atoms with Crippen LogP contribution in [0.2, 0.25) is 0 Å². The van der Waals surface area contributed by atoms with Crippen LogP contribution in [0.3, 0.4) is 0 Å². The molecule has 0 aromatic rings. The van der Waals surface area contributed by atoms with Gasteiger partial charge in [-0.25, -0.2) is 0 Å². The first-order valence-corrected chi connectivity index (χ1v) is 11.9. The summed E-state index contributed by atoms with van der Waals surface area (Å²) in [6.07, 6.45) is 10.5. The maximum Gasteiger partial charge on any atom is 0.302 e. The van der Waals surface area contributed by atoms with Gasteiger partial charge in [0.05, 0.1) is 6.04 Å². The van der Waals surface area contributed by atoms with Crippen molar-refractivity contribution in [2.45, 2.75) is 123 Å². The van der Waals surface area contributed by atoms with E-state index in [2.05, 4.69) is 19.2 Å². The Hall–Kier alpha value is -1.63. The molecule has 0 aliphatic rings. The minimum atomic E-state index is -1.15. The zero-order valence-corrected chi connectivity index (χ0v) is 20.3. The van der Waals surface area contributed by atoms with Crippen LogP contribution < -0.4 is 5.32 Å². The van der Waals surface area contributed by atoms with E-state index < -0.39 is 30.2 Å². The first-order chi connectivity index (χ1) is 14.6. The van der Waals surface area contributed by atoms with E-state index in [4.69, 9.17) is 9.47 Å². The molecule has 0 spiro atoms. The fraction of sp³-hybridized carbons (Fsp3) is 0.875. The molecule has 0 bridgehead atoms. The largest absolute Gasteiger partial charge is 0.464 e. The van der Waals surface area contributed by atoms with Crippen LogP contribution in [0.25, 0.3) is 0 Å². The lowest BCUT2D eigenvalue weighted by Gasteiger charge is -2.29. The molecule has 0 aromatic carbocycles. The van der Waals surface area contributed by atoms with E-state index >= 15 is 0 Å². The molecule has 0 unspecified atom stereocenters.